The molecule has 0 N–H and O–H groups in total. The summed E-state index contributed by atoms with van der Waals surface area (Å²) in [6, 6.07) is 0. The van der Waals surface area contributed by atoms with Crippen LogP contribution in [0.15, 0.2) is 0 Å². The molecule has 0 heterocycles. The molecular weight excluding hydrogens is 164 g/mol. The first kappa shape index (κ1) is 10.6. The quantitative estimate of drug-likeness (QED) is 0.446. The van der Waals surface area contributed by atoms with Crippen molar-refractivity contribution < 1.29 is 0 Å². The van der Waals surface area contributed by atoms with E-state index in [-0.39, 0.29) is 0 Å². The Kier molecular flexibility index (Phi) is 8.24. The molecular formula is C8H17ClS. The van der Waals surface area contributed by atoms with Gasteiger partial charge in [0.15, 0.2) is 0 Å². The lowest BCUT2D eigenvalue weighted by Gasteiger charge is -2.07. The van der Waals surface area contributed by atoms with Crippen LogP contribution in [-0.2, 0) is 0 Å². The van der Waals surface area contributed by atoms with E-state index < -0.39 is 0 Å². The molecule has 0 radical (unpaired) electrons. The highest BCUT2D eigenvalue weighted by Crippen LogP contribution is 2.12. The van der Waals surface area contributed by atoms with Crippen molar-refractivity contribution in [3.63, 3.8) is 0 Å². The molecule has 62 valence electrons. The average molecular weight is 181 g/mol. The predicted octanol–water partition coefficient (Wildman–Crippen LogP) is 3.39. The van der Waals surface area contributed by atoms with Crippen molar-refractivity contribution in [2.75, 3.05) is 17.4 Å². The van der Waals surface area contributed by atoms with Gasteiger partial charge in [0.1, 0.15) is 0 Å². The third-order valence-electron chi connectivity index (χ3n) is 1.56. The van der Waals surface area contributed by atoms with Gasteiger partial charge in [0.2, 0.25) is 0 Å². The van der Waals surface area contributed by atoms with Crippen LogP contribution in [0.2, 0.25) is 0 Å². The van der Waals surface area contributed by atoms with Gasteiger partial charge in [-0.25, -0.2) is 0 Å². The van der Waals surface area contributed by atoms with E-state index in [1.807, 2.05) is 11.8 Å². The Morgan fingerprint density at radius 2 is 2.10 bits per heavy atom. The van der Waals surface area contributed by atoms with Gasteiger partial charge in [-0.2, -0.15) is 11.8 Å². The molecule has 0 aliphatic carbocycles. The van der Waals surface area contributed by atoms with Gasteiger partial charge < -0.3 is 0 Å². The van der Waals surface area contributed by atoms with E-state index in [1.54, 1.807) is 0 Å². The minimum atomic E-state index is 0.816. The fourth-order valence-electron chi connectivity index (χ4n) is 0.759. The summed E-state index contributed by atoms with van der Waals surface area (Å²) < 4.78 is 0. The molecule has 1 atom stereocenters. The molecule has 0 aliphatic rings. The van der Waals surface area contributed by atoms with Crippen LogP contribution < -0.4 is 0 Å². The van der Waals surface area contributed by atoms with Crippen molar-refractivity contribution in [1.29, 1.82) is 0 Å². The molecule has 0 fully saturated rings. The molecule has 0 nitrogen and oxygen atoms in total. The minimum absolute atomic E-state index is 0.816. The zero-order chi connectivity index (χ0) is 7.82. The van der Waals surface area contributed by atoms with E-state index in [2.05, 4.69) is 13.8 Å². The van der Waals surface area contributed by atoms with Crippen molar-refractivity contribution in [2.24, 2.45) is 5.92 Å². The second kappa shape index (κ2) is 7.74. The van der Waals surface area contributed by atoms with E-state index in [9.17, 15) is 0 Å². The number of thioether (sulfide) groups is 1. The van der Waals surface area contributed by atoms with E-state index in [0.29, 0.717) is 0 Å². The summed E-state index contributed by atoms with van der Waals surface area (Å²) in [4.78, 5) is 0. The summed E-state index contributed by atoms with van der Waals surface area (Å²) >= 11 is 7.62. The fourth-order valence-corrected chi connectivity index (χ4v) is 1.99. The molecule has 10 heavy (non-hydrogen) atoms. The molecule has 0 spiro atoms. The number of rotatable bonds is 6. The Balaban J connectivity index is 2.97. The molecule has 0 rings (SSSR count). The highest BCUT2D eigenvalue weighted by molar-refractivity contribution is 7.99. The first-order chi connectivity index (χ1) is 4.81. The normalized spacial score (nSPS) is 13.5. The summed E-state index contributed by atoms with van der Waals surface area (Å²) in [6.07, 6.45) is 2.50. The molecule has 0 aromatic rings. The van der Waals surface area contributed by atoms with E-state index in [1.165, 1.54) is 24.3 Å². The monoisotopic (exact) mass is 180 g/mol. The molecule has 2 heteroatoms. The molecule has 0 bridgehead atoms. The zero-order valence-electron chi connectivity index (χ0n) is 6.90. The Hall–Kier alpha value is 0.640. The first-order valence-corrected chi connectivity index (χ1v) is 5.63. The summed E-state index contributed by atoms with van der Waals surface area (Å²) in [5, 5.41) is 0. The SMILES string of the molecule is CCSCCC(C)CCCl. The van der Waals surface area contributed by atoms with Crippen molar-refractivity contribution in [3.05, 3.63) is 0 Å². The Labute approximate surface area is 73.7 Å². The lowest BCUT2D eigenvalue weighted by atomic mass is 10.1. The molecule has 0 saturated heterocycles. The van der Waals surface area contributed by atoms with Crippen LogP contribution in [0.4, 0.5) is 0 Å². The van der Waals surface area contributed by atoms with Gasteiger partial charge in [0, 0.05) is 5.88 Å². The average Bonchev–Trinajstić information content (AvgIpc) is 1.89. The Morgan fingerprint density at radius 3 is 2.60 bits per heavy atom. The predicted molar refractivity (Wildman–Crippen MR) is 52.1 cm³/mol. The smallest absolute Gasteiger partial charge is 0.0225 e. The number of halogens is 1. The van der Waals surface area contributed by atoms with E-state index in [0.717, 1.165) is 11.8 Å². The van der Waals surface area contributed by atoms with Crippen LogP contribution in [-0.4, -0.2) is 17.4 Å². The Bertz CT molecular complexity index is 66.3. The van der Waals surface area contributed by atoms with Crippen molar-refractivity contribution >= 4 is 23.4 Å². The summed E-state index contributed by atoms with van der Waals surface area (Å²) in [5.41, 5.74) is 0. The maximum atomic E-state index is 5.60. The van der Waals surface area contributed by atoms with Crippen LogP contribution in [0.3, 0.4) is 0 Å². The van der Waals surface area contributed by atoms with Gasteiger partial charge in [-0.15, -0.1) is 11.6 Å². The van der Waals surface area contributed by atoms with Crippen molar-refractivity contribution in [3.8, 4) is 0 Å². The van der Waals surface area contributed by atoms with Gasteiger partial charge in [-0.05, 0) is 30.3 Å². The number of alkyl halides is 1. The molecule has 1 unspecified atom stereocenters. The topological polar surface area (TPSA) is 0 Å². The van der Waals surface area contributed by atoms with Crippen LogP contribution >= 0.6 is 23.4 Å². The van der Waals surface area contributed by atoms with Gasteiger partial charge in [-0.3, -0.25) is 0 Å². The molecule has 0 aliphatic heterocycles. The van der Waals surface area contributed by atoms with Crippen molar-refractivity contribution in [2.45, 2.75) is 26.7 Å². The molecule has 0 aromatic heterocycles. The van der Waals surface area contributed by atoms with E-state index in [4.69, 9.17) is 11.6 Å². The van der Waals surface area contributed by atoms with Gasteiger partial charge >= 0.3 is 0 Å². The Morgan fingerprint density at radius 1 is 1.40 bits per heavy atom. The highest BCUT2D eigenvalue weighted by atomic mass is 35.5. The van der Waals surface area contributed by atoms with Crippen molar-refractivity contribution in [1.82, 2.24) is 0 Å². The fraction of sp³-hybridized carbons (Fsp3) is 1.00. The van der Waals surface area contributed by atoms with Crippen LogP contribution in [0.5, 0.6) is 0 Å². The second-order valence-corrected chi connectivity index (χ2v) is 4.34. The lowest BCUT2D eigenvalue weighted by Crippen LogP contribution is -1.97. The lowest BCUT2D eigenvalue weighted by molar-refractivity contribution is 0.552. The highest BCUT2D eigenvalue weighted by Gasteiger charge is 1.99. The van der Waals surface area contributed by atoms with Gasteiger partial charge in [-0.1, -0.05) is 13.8 Å². The minimum Gasteiger partial charge on any atom is -0.162 e. The summed E-state index contributed by atoms with van der Waals surface area (Å²) in [5.74, 6) is 4.18. The first-order valence-electron chi connectivity index (χ1n) is 3.95. The molecule has 0 aromatic carbocycles. The molecule has 0 amide bonds. The van der Waals surface area contributed by atoms with E-state index >= 15 is 0 Å². The van der Waals surface area contributed by atoms with Gasteiger partial charge in [0.25, 0.3) is 0 Å². The third-order valence-corrected chi connectivity index (χ3v) is 2.71. The maximum absolute atomic E-state index is 5.60. The van der Waals surface area contributed by atoms with Crippen LogP contribution in [0.1, 0.15) is 26.7 Å². The largest absolute Gasteiger partial charge is 0.162 e. The summed E-state index contributed by atoms with van der Waals surface area (Å²) in [6.45, 7) is 4.48. The van der Waals surface area contributed by atoms with Crippen LogP contribution in [0.25, 0.3) is 0 Å². The zero-order valence-corrected chi connectivity index (χ0v) is 8.47. The summed E-state index contributed by atoms with van der Waals surface area (Å²) in [7, 11) is 0. The number of hydrogen-bond donors (Lipinski definition) is 0. The maximum Gasteiger partial charge on any atom is 0.0225 e. The molecule has 0 saturated carbocycles. The third kappa shape index (κ3) is 6.76. The number of hydrogen-bond acceptors (Lipinski definition) is 1. The second-order valence-electron chi connectivity index (χ2n) is 2.57. The van der Waals surface area contributed by atoms with Crippen LogP contribution in [0, 0.1) is 5.92 Å². The standard InChI is InChI=1S/C8H17ClS/c1-3-10-7-5-8(2)4-6-9/h8H,3-7H2,1-2H3. The van der Waals surface area contributed by atoms with Gasteiger partial charge in [0.05, 0.1) is 0 Å².